The predicted molar refractivity (Wildman–Crippen MR) is 92.4 cm³/mol. The number of benzene rings is 1. The maximum Gasteiger partial charge on any atom is 0.413 e. The van der Waals surface area contributed by atoms with E-state index in [1.165, 1.54) is 11.8 Å². The molecule has 0 aromatic heterocycles. The second kappa shape index (κ2) is 8.46. The van der Waals surface area contributed by atoms with Crippen molar-refractivity contribution in [2.45, 2.75) is 32.8 Å². The molecular formula is C18H22N2O6. The molecule has 3 amide bonds. The number of amides is 3. The van der Waals surface area contributed by atoms with Crippen molar-refractivity contribution in [3.05, 3.63) is 29.8 Å². The van der Waals surface area contributed by atoms with Crippen LogP contribution in [0.4, 0.5) is 10.5 Å². The van der Waals surface area contributed by atoms with E-state index in [1.54, 1.807) is 0 Å². The number of carbonyl (C=O) groups is 4. The van der Waals surface area contributed by atoms with E-state index in [0.29, 0.717) is 0 Å². The molecule has 0 bridgehead atoms. The molecule has 2 atom stereocenters. The minimum absolute atomic E-state index is 0.0136. The topological polar surface area (TPSA) is 102 Å². The number of anilines is 1. The number of imide groups is 1. The van der Waals surface area contributed by atoms with Gasteiger partial charge in [-0.1, -0.05) is 19.1 Å². The van der Waals surface area contributed by atoms with Gasteiger partial charge >= 0.3 is 12.1 Å². The first-order valence-electron chi connectivity index (χ1n) is 8.34. The van der Waals surface area contributed by atoms with Gasteiger partial charge in [-0.25, -0.2) is 4.79 Å². The summed E-state index contributed by atoms with van der Waals surface area (Å²) < 4.78 is 9.38. The molecule has 1 aromatic carbocycles. The lowest BCUT2D eigenvalue weighted by atomic mass is 10.1. The highest BCUT2D eigenvalue weighted by atomic mass is 16.6. The monoisotopic (exact) mass is 362 g/mol. The van der Waals surface area contributed by atoms with Gasteiger partial charge in [0.25, 0.3) is 5.91 Å². The van der Waals surface area contributed by atoms with E-state index in [1.807, 2.05) is 36.5 Å². The van der Waals surface area contributed by atoms with Gasteiger partial charge in [0.05, 0.1) is 13.0 Å². The summed E-state index contributed by atoms with van der Waals surface area (Å²) in [7, 11) is 1.12. The van der Waals surface area contributed by atoms with Crippen molar-refractivity contribution >= 4 is 29.6 Å². The van der Waals surface area contributed by atoms with Crippen LogP contribution in [0.25, 0.3) is 0 Å². The van der Waals surface area contributed by atoms with Gasteiger partial charge in [-0.2, -0.15) is 0 Å². The molecule has 140 valence electrons. The van der Waals surface area contributed by atoms with E-state index in [9.17, 15) is 19.2 Å². The number of hydrogen-bond donors (Lipinski definition) is 1. The first-order chi connectivity index (χ1) is 12.3. The summed E-state index contributed by atoms with van der Waals surface area (Å²) in [4.78, 5) is 48.7. The molecule has 1 N–H and O–H groups in total. The van der Waals surface area contributed by atoms with Crippen molar-refractivity contribution in [1.82, 2.24) is 5.32 Å². The summed E-state index contributed by atoms with van der Waals surface area (Å²) >= 11 is 0. The molecule has 0 spiro atoms. The molecule has 0 saturated carbocycles. The summed E-state index contributed by atoms with van der Waals surface area (Å²) in [6, 6.07) is 7.56. The fraction of sp³-hybridized carbons (Fsp3) is 0.444. The van der Waals surface area contributed by atoms with Crippen LogP contribution in [0.1, 0.15) is 25.8 Å². The second-order valence-electron chi connectivity index (χ2n) is 5.99. The van der Waals surface area contributed by atoms with Gasteiger partial charge in [-0.3, -0.25) is 19.7 Å². The normalized spacial score (nSPS) is 17.6. The fourth-order valence-electron chi connectivity index (χ4n) is 2.60. The highest BCUT2D eigenvalue weighted by molar-refractivity contribution is 6.00. The van der Waals surface area contributed by atoms with Crippen LogP contribution >= 0.6 is 0 Å². The number of alkyl carbamates (subject to hydrolysis) is 1. The number of aryl methyl sites for hydroxylation is 1. The summed E-state index contributed by atoms with van der Waals surface area (Å²) in [6.07, 6.45) is -1.20. The maximum atomic E-state index is 12.2. The molecule has 2 rings (SSSR count). The van der Waals surface area contributed by atoms with Crippen LogP contribution in [-0.4, -0.2) is 43.6 Å². The van der Waals surface area contributed by atoms with Gasteiger partial charge in [-0.05, 0) is 31.0 Å². The molecule has 8 nitrogen and oxygen atoms in total. The molecule has 26 heavy (non-hydrogen) atoms. The average Bonchev–Trinajstić information content (AvgIpc) is 3.03. The SMILES string of the molecule is CCc1ccc(N2C[C@@H](C(=O)O[C@@H](C)C(=O)NC(=O)OC)CC2=O)cc1. The fourth-order valence-corrected chi connectivity index (χ4v) is 2.60. The summed E-state index contributed by atoms with van der Waals surface area (Å²) in [5.74, 6) is -2.29. The number of ether oxygens (including phenoxy) is 2. The molecule has 1 aliphatic rings. The lowest BCUT2D eigenvalue weighted by Crippen LogP contribution is -2.40. The van der Waals surface area contributed by atoms with E-state index in [4.69, 9.17) is 4.74 Å². The number of methoxy groups -OCH3 is 1. The molecule has 8 heteroatoms. The van der Waals surface area contributed by atoms with E-state index in [-0.39, 0.29) is 18.9 Å². The first kappa shape index (κ1) is 19.4. The standard InChI is InChI=1S/C18H22N2O6/c1-4-12-5-7-14(8-6-12)20-10-13(9-15(20)21)17(23)26-11(2)16(22)19-18(24)25-3/h5-8,11,13H,4,9-10H2,1-3H3,(H,19,22,24)/t11-,13-/m0/s1. The Hall–Kier alpha value is -2.90. The third-order valence-electron chi connectivity index (χ3n) is 4.19. The third kappa shape index (κ3) is 4.59. The summed E-state index contributed by atoms with van der Waals surface area (Å²) in [6.45, 7) is 3.57. The Kier molecular flexibility index (Phi) is 6.32. The molecule has 0 aliphatic carbocycles. The van der Waals surface area contributed by atoms with Crippen molar-refractivity contribution in [3.8, 4) is 0 Å². The zero-order valence-electron chi connectivity index (χ0n) is 15.0. The first-order valence-corrected chi connectivity index (χ1v) is 8.34. The second-order valence-corrected chi connectivity index (χ2v) is 5.99. The quantitative estimate of drug-likeness (QED) is 0.795. The highest BCUT2D eigenvalue weighted by Crippen LogP contribution is 2.26. The Morgan fingerprint density at radius 2 is 1.92 bits per heavy atom. The van der Waals surface area contributed by atoms with Crippen LogP contribution in [0.2, 0.25) is 0 Å². The van der Waals surface area contributed by atoms with E-state index >= 15 is 0 Å². The zero-order chi connectivity index (χ0) is 19.3. The van der Waals surface area contributed by atoms with Crippen molar-refractivity contribution in [2.24, 2.45) is 5.92 Å². The molecule has 0 radical (unpaired) electrons. The van der Waals surface area contributed by atoms with E-state index in [0.717, 1.165) is 24.8 Å². The Balaban J connectivity index is 1.95. The molecule has 1 saturated heterocycles. The Bertz CT molecular complexity index is 700. The van der Waals surface area contributed by atoms with Crippen LogP contribution in [0, 0.1) is 5.92 Å². The molecule has 1 fully saturated rings. The van der Waals surface area contributed by atoms with Gasteiger partial charge in [0, 0.05) is 18.7 Å². The molecule has 1 heterocycles. The van der Waals surface area contributed by atoms with Crippen LogP contribution < -0.4 is 10.2 Å². The Morgan fingerprint density at radius 1 is 1.27 bits per heavy atom. The Morgan fingerprint density at radius 3 is 2.50 bits per heavy atom. The van der Waals surface area contributed by atoms with Crippen molar-refractivity contribution < 1.29 is 28.7 Å². The minimum Gasteiger partial charge on any atom is -0.453 e. The minimum atomic E-state index is -1.17. The lowest BCUT2D eigenvalue weighted by Gasteiger charge is -2.18. The number of nitrogens with one attached hydrogen (secondary N) is 1. The van der Waals surface area contributed by atoms with Crippen molar-refractivity contribution in [3.63, 3.8) is 0 Å². The lowest BCUT2D eigenvalue weighted by molar-refractivity contribution is -0.158. The zero-order valence-corrected chi connectivity index (χ0v) is 15.0. The van der Waals surface area contributed by atoms with Crippen molar-refractivity contribution in [1.29, 1.82) is 0 Å². The van der Waals surface area contributed by atoms with Crippen LogP contribution in [-0.2, 0) is 30.3 Å². The number of hydrogen-bond acceptors (Lipinski definition) is 6. The number of rotatable bonds is 5. The molecule has 0 unspecified atom stereocenters. The number of esters is 1. The maximum absolute atomic E-state index is 12.2. The van der Waals surface area contributed by atoms with Gasteiger partial charge in [0.15, 0.2) is 6.10 Å². The Labute approximate surface area is 151 Å². The molecule has 1 aromatic rings. The van der Waals surface area contributed by atoms with Gasteiger partial charge in [-0.15, -0.1) is 0 Å². The largest absolute Gasteiger partial charge is 0.453 e. The van der Waals surface area contributed by atoms with Gasteiger partial charge in [0.2, 0.25) is 5.91 Å². The third-order valence-corrected chi connectivity index (χ3v) is 4.19. The smallest absolute Gasteiger partial charge is 0.413 e. The summed E-state index contributed by atoms with van der Waals surface area (Å²) in [5.41, 5.74) is 1.88. The molecular weight excluding hydrogens is 340 g/mol. The number of carbonyl (C=O) groups excluding carboxylic acids is 4. The number of nitrogens with zero attached hydrogens (tertiary/aromatic N) is 1. The van der Waals surface area contributed by atoms with E-state index < -0.39 is 30.0 Å². The molecule has 1 aliphatic heterocycles. The highest BCUT2D eigenvalue weighted by Gasteiger charge is 2.37. The average molecular weight is 362 g/mol. The van der Waals surface area contributed by atoms with Gasteiger partial charge < -0.3 is 14.4 Å². The predicted octanol–water partition coefficient (Wildman–Crippen LogP) is 1.42. The van der Waals surface area contributed by atoms with Crippen LogP contribution in [0.15, 0.2) is 24.3 Å². The van der Waals surface area contributed by atoms with Crippen molar-refractivity contribution in [2.75, 3.05) is 18.6 Å². The van der Waals surface area contributed by atoms with Crippen LogP contribution in [0.3, 0.4) is 0 Å². The van der Waals surface area contributed by atoms with Crippen LogP contribution in [0.5, 0.6) is 0 Å². The summed E-state index contributed by atoms with van der Waals surface area (Å²) in [5, 5.41) is 1.92. The van der Waals surface area contributed by atoms with E-state index in [2.05, 4.69) is 4.74 Å². The van der Waals surface area contributed by atoms with Gasteiger partial charge in [0.1, 0.15) is 0 Å².